The zero-order chi connectivity index (χ0) is 23.7. The first-order valence-electron chi connectivity index (χ1n) is 9.83. The number of sulfonamides is 1. The molecule has 2 N–H and O–H groups in total. The van der Waals surface area contributed by atoms with Crippen molar-refractivity contribution in [3.63, 3.8) is 0 Å². The van der Waals surface area contributed by atoms with Gasteiger partial charge < -0.3 is 5.32 Å². The molecule has 0 aromatic heterocycles. The minimum atomic E-state index is -3.61. The van der Waals surface area contributed by atoms with Crippen LogP contribution in [0.1, 0.15) is 46.1 Å². The highest BCUT2D eigenvalue weighted by molar-refractivity contribution is 7.92. The van der Waals surface area contributed by atoms with E-state index in [4.69, 9.17) is 12.2 Å². The first-order chi connectivity index (χ1) is 14.3. The summed E-state index contributed by atoms with van der Waals surface area (Å²) in [6.07, 6.45) is 12.7. The first kappa shape index (κ1) is 26.5. The number of nitro groups is 1. The van der Waals surface area contributed by atoms with Gasteiger partial charge >= 0.3 is 0 Å². The van der Waals surface area contributed by atoms with Crippen molar-refractivity contribution in [2.75, 3.05) is 11.0 Å². The van der Waals surface area contributed by atoms with Crippen LogP contribution in [0.15, 0.2) is 54.2 Å². The Bertz CT molecular complexity index is 988. The lowest BCUT2D eigenvalue weighted by Crippen LogP contribution is -2.20. The maximum Gasteiger partial charge on any atom is 0.293 e. The summed E-state index contributed by atoms with van der Waals surface area (Å²) in [7, 11) is -3.61. The van der Waals surface area contributed by atoms with E-state index < -0.39 is 14.9 Å². The predicted molar refractivity (Wildman–Crippen MR) is 132 cm³/mol. The summed E-state index contributed by atoms with van der Waals surface area (Å²) >= 11 is 5.40. The van der Waals surface area contributed by atoms with Crippen molar-refractivity contribution in [1.29, 1.82) is 0 Å². The third-order valence-electron chi connectivity index (χ3n) is 3.97. The number of allylic oxidation sites excluding steroid dienone is 6. The number of anilines is 1. The van der Waals surface area contributed by atoms with Crippen molar-refractivity contribution in [3.05, 3.63) is 69.8 Å². The second-order valence-electron chi connectivity index (χ2n) is 8.23. The third-order valence-corrected chi connectivity index (χ3v) is 4.91. The van der Waals surface area contributed by atoms with Crippen molar-refractivity contribution in [2.45, 2.75) is 47.1 Å². The molecule has 0 heterocycles. The van der Waals surface area contributed by atoms with E-state index in [2.05, 4.69) is 49.0 Å². The van der Waals surface area contributed by atoms with Gasteiger partial charge in [-0.15, -0.1) is 0 Å². The lowest BCUT2D eigenvalue weighted by molar-refractivity contribution is -0.383. The van der Waals surface area contributed by atoms with Gasteiger partial charge in [-0.05, 0) is 36.0 Å². The van der Waals surface area contributed by atoms with E-state index in [1.807, 2.05) is 19.1 Å². The molecule has 0 saturated carbocycles. The molecule has 1 aromatic rings. The minimum Gasteiger partial charge on any atom is -0.376 e. The molecular formula is C22H31N3O4S2. The summed E-state index contributed by atoms with van der Waals surface area (Å²) < 4.78 is 24.9. The average Bonchev–Trinajstić information content (AvgIpc) is 2.62. The Hall–Kier alpha value is -2.52. The van der Waals surface area contributed by atoms with Gasteiger partial charge in [0.25, 0.3) is 5.69 Å². The molecule has 31 heavy (non-hydrogen) atoms. The molecule has 0 spiro atoms. The molecule has 0 fully saturated rings. The summed E-state index contributed by atoms with van der Waals surface area (Å²) in [6.45, 7) is 8.69. The van der Waals surface area contributed by atoms with Crippen molar-refractivity contribution in [1.82, 2.24) is 5.32 Å². The zero-order valence-corrected chi connectivity index (χ0v) is 20.3. The van der Waals surface area contributed by atoms with E-state index in [0.717, 1.165) is 18.2 Å². The SMILES string of the molecule is C\C=C/C(=C\C=C\C(C)(C)C)CCC(=S)NCc1ccc(NS(C)(=O)=O)c([N+](=O)[O-])c1. The summed E-state index contributed by atoms with van der Waals surface area (Å²) in [6, 6.07) is 4.35. The molecule has 0 unspecified atom stereocenters. The van der Waals surface area contributed by atoms with Gasteiger partial charge in [0, 0.05) is 19.0 Å². The zero-order valence-electron chi connectivity index (χ0n) is 18.6. The molecule has 0 aliphatic rings. The molecule has 1 aromatic carbocycles. The van der Waals surface area contributed by atoms with E-state index >= 15 is 0 Å². The normalized spacial score (nSPS) is 13.0. The van der Waals surface area contributed by atoms with Crippen molar-refractivity contribution >= 4 is 38.6 Å². The molecule has 0 aliphatic heterocycles. The second kappa shape index (κ2) is 11.8. The molecule has 9 heteroatoms. The molecule has 0 amide bonds. The third kappa shape index (κ3) is 11.4. The Balaban J connectivity index is 2.75. The minimum absolute atomic E-state index is 0.0664. The number of hydrogen-bond acceptors (Lipinski definition) is 5. The van der Waals surface area contributed by atoms with E-state index in [-0.39, 0.29) is 16.8 Å². The monoisotopic (exact) mass is 465 g/mol. The van der Waals surface area contributed by atoms with Crippen LogP contribution in [0.5, 0.6) is 0 Å². The number of nitrogens with zero attached hydrogens (tertiary/aromatic N) is 1. The lowest BCUT2D eigenvalue weighted by Gasteiger charge is -2.11. The topological polar surface area (TPSA) is 101 Å². The quantitative estimate of drug-likeness (QED) is 0.211. The highest BCUT2D eigenvalue weighted by Crippen LogP contribution is 2.26. The Morgan fingerprint density at radius 3 is 2.48 bits per heavy atom. The van der Waals surface area contributed by atoms with Crippen LogP contribution in [0.3, 0.4) is 0 Å². The Labute approximate surface area is 190 Å². The maximum absolute atomic E-state index is 11.4. The second-order valence-corrected chi connectivity index (χ2v) is 10.5. The van der Waals surface area contributed by atoms with Crippen molar-refractivity contribution in [2.24, 2.45) is 5.41 Å². The number of benzene rings is 1. The van der Waals surface area contributed by atoms with Crippen LogP contribution >= 0.6 is 12.2 Å². The van der Waals surface area contributed by atoms with Crippen LogP contribution < -0.4 is 10.0 Å². The van der Waals surface area contributed by atoms with Crippen LogP contribution in [0, 0.1) is 15.5 Å². The number of nitro benzene ring substituents is 1. The Kier molecular flexibility index (Phi) is 10.1. The van der Waals surface area contributed by atoms with Crippen LogP contribution in [0.25, 0.3) is 0 Å². The van der Waals surface area contributed by atoms with Gasteiger partial charge in [-0.1, -0.05) is 69.4 Å². The standard InChI is InChI=1S/C22H31N3O4S2/c1-6-8-17(9-7-14-22(2,3)4)11-13-21(30)23-16-18-10-12-19(24-31(5,28)29)20(15-18)25(26)27/h6-10,12,14-15,24H,11,13,16H2,1-5H3,(H,23,30)/b8-6-,14-7+,17-9+. The lowest BCUT2D eigenvalue weighted by atomic mass is 9.96. The predicted octanol–water partition coefficient (Wildman–Crippen LogP) is 5.27. The Morgan fingerprint density at radius 2 is 1.94 bits per heavy atom. The molecule has 0 aliphatic carbocycles. The Morgan fingerprint density at radius 1 is 1.26 bits per heavy atom. The van der Waals surface area contributed by atoms with Gasteiger partial charge in [0.1, 0.15) is 5.69 Å². The van der Waals surface area contributed by atoms with E-state index in [0.29, 0.717) is 23.5 Å². The van der Waals surface area contributed by atoms with E-state index in [1.165, 1.54) is 12.1 Å². The smallest absolute Gasteiger partial charge is 0.293 e. The fraction of sp³-hybridized carbons (Fsp3) is 0.409. The van der Waals surface area contributed by atoms with Gasteiger partial charge in [-0.3, -0.25) is 14.8 Å². The van der Waals surface area contributed by atoms with Gasteiger partial charge in [-0.25, -0.2) is 8.42 Å². The average molecular weight is 466 g/mol. The highest BCUT2D eigenvalue weighted by Gasteiger charge is 2.17. The van der Waals surface area contributed by atoms with Crippen molar-refractivity contribution < 1.29 is 13.3 Å². The molecule has 0 bridgehead atoms. The fourth-order valence-electron chi connectivity index (χ4n) is 2.57. The number of hydrogen-bond donors (Lipinski definition) is 2. The van der Waals surface area contributed by atoms with Crippen LogP contribution in [-0.2, 0) is 16.6 Å². The summed E-state index contributed by atoms with van der Waals surface area (Å²) in [5, 5.41) is 14.4. The summed E-state index contributed by atoms with van der Waals surface area (Å²) in [5.74, 6) is 0. The van der Waals surface area contributed by atoms with Gasteiger partial charge in [0.2, 0.25) is 10.0 Å². The number of nitrogens with one attached hydrogen (secondary N) is 2. The summed E-state index contributed by atoms with van der Waals surface area (Å²) in [4.78, 5) is 11.3. The van der Waals surface area contributed by atoms with Crippen LogP contribution in [0.4, 0.5) is 11.4 Å². The van der Waals surface area contributed by atoms with Gasteiger partial charge in [0.05, 0.1) is 16.2 Å². The van der Waals surface area contributed by atoms with E-state index in [9.17, 15) is 18.5 Å². The number of rotatable bonds is 10. The fourth-order valence-corrected chi connectivity index (χ4v) is 3.31. The number of thiocarbonyl (C=S) groups is 1. The largest absolute Gasteiger partial charge is 0.376 e. The molecule has 7 nitrogen and oxygen atoms in total. The van der Waals surface area contributed by atoms with Crippen LogP contribution in [-0.4, -0.2) is 24.6 Å². The van der Waals surface area contributed by atoms with Gasteiger partial charge in [0.15, 0.2) is 0 Å². The molecular weight excluding hydrogens is 434 g/mol. The highest BCUT2D eigenvalue weighted by atomic mass is 32.2. The van der Waals surface area contributed by atoms with Crippen molar-refractivity contribution in [3.8, 4) is 0 Å². The molecule has 0 atom stereocenters. The molecule has 1 rings (SSSR count). The first-order valence-corrected chi connectivity index (χ1v) is 12.1. The molecule has 0 radical (unpaired) electrons. The molecule has 170 valence electrons. The maximum atomic E-state index is 11.4. The van der Waals surface area contributed by atoms with Crippen LogP contribution in [0.2, 0.25) is 0 Å². The van der Waals surface area contributed by atoms with Gasteiger partial charge in [-0.2, -0.15) is 0 Å². The summed E-state index contributed by atoms with van der Waals surface area (Å²) in [5.41, 5.74) is 1.52. The molecule has 0 saturated heterocycles. The van der Waals surface area contributed by atoms with E-state index in [1.54, 1.807) is 6.07 Å².